The zero-order valence-corrected chi connectivity index (χ0v) is 11.2. The average molecular weight is 253 g/mol. The maximum Gasteiger partial charge on any atom is 0.225 e. The number of likely N-dealkylation sites (tertiary alicyclic amines) is 1. The van der Waals surface area contributed by atoms with Crippen molar-refractivity contribution in [2.45, 2.75) is 45.2 Å². The molecule has 2 aliphatic heterocycles. The van der Waals surface area contributed by atoms with Gasteiger partial charge in [-0.1, -0.05) is 0 Å². The van der Waals surface area contributed by atoms with E-state index in [-0.39, 0.29) is 29.8 Å². The lowest BCUT2D eigenvalue weighted by Gasteiger charge is -2.25. The normalized spacial score (nSPS) is 25.8. The third kappa shape index (κ3) is 3.02. The van der Waals surface area contributed by atoms with Crippen LogP contribution in [0.5, 0.6) is 0 Å². The molecule has 2 rings (SSSR count). The van der Waals surface area contributed by atoms with E-state index < -0.39 is 0 Å². The Bertz CT molecular complexity index is 324. The van der Waals surface area contributed by atoms with Crippen LogP contribution in [-0.2, 0) is 9.59 Å². The van der Waals surface area contributed by atoms with E-state index in [0.717, 1.165) is 25.9 Å². The fourth-order valence-electron chi connectivity index (χ4n) is 2.69. The summed E-state index contributed by atoms with van der Waals surface area (Å²) >= 11 is 0. The number of amides is 2. The van der Waals surface area contributed by atoms with Crippen LogP contribution >= 0.6 is 0 Å². The molecule has 18 heavy (non-hydrogen) atoms. The fourth-order valence-corrected chi connectivity index (χ4v) is 2.69. The van der Waals surface area contributed by atoms with Gasteiger partial charge < -0.3 is 15.5 Å². The molecule has 1 unspecified atom stereocenters. The zero-order chi connectivity index (χ0) is 13.1. The minimum atomic E-state index is -0.158. The molecule has 0 saturated carbocycles. The van der Waals surface area contributed by atoms with Crippen molar-refractivity contribution in [3.63, 3.8) is 0 Å². The minimum absolute atomic E-state index is 0.0541. The van der Waals surface area contributed by atoms with E-state index in [1.165, 1.54) is 0 Å². The lowest BCUT2D eigenvalue weighted by atomic mass is 10.0. The van der Waals surface area contributed by atoms with Gasteiger partial charge in [-0.2, -0.15) is 0 Å². The van der Waals surface area contributed by atoms with E-state index in [1.807, 2.05) is 13.8 Å². The van der Waals surface area contributed by atoms with E-state index in [9.17, 15) is 9.59 Å². The minimum Gasteiger partial charge on any atom is -0.353 e. The van der Waals surface area contributed by atoms with Crippen molar-refractivity contribution < 1.29 is 9.59 Å². The molecule has 0 aliphatic carbocycles. The zero-order valence-electron chi connectivity index (χ0n) is 11.2. The molecule has 0 aromatic carbocycles. The number of carbonyl (C=O) groups excluding carboxylic acids is 2. The Hall–Kier alpha value is -1.10. The van der Waals surface area contributed by atoms with Crippen LogP contribution in [0.15, 0.2) is 0 Å². The second-order valence-corrected chi connectivity index (χ2v) is 5.57. The molecule has 0 spiro atoms. The van der Waals surface area contributed by atoms with Crippen LogP contribution < -0.4 is 10.6 Å². The summed E-state index contributed by atoms with van der Waals surface area (Å²) in [7, 11) is 0. The SMILES string of the molecule is CC(C)N1CC(C(=O)NC2CCNCC2)CC1=O. The van der Waals surface area contributed by atoms with Crippen LogP contribution in [0.4, 0.5) is 0 Å². The molecule has 2 heterocycles. The van der Waals surface area contributed by atoms with Gasteiger partial charge in [0.05, 0.1) is 5.92 Å². The van der Waals surface area contributed by atoms with E-state index in [4.69, 9.17) is 0 Å². The number of rotatable bonds is 3. The number of hydrogen-bond acceptors (Lipinski definition) is 3. The molecule has 0 aromatic heterocycles. The van der Waals surface area contributed by atoms with Gasteiger partial charge in [0.2, 0.25) is 11.8 Å². The largest absolute Gasteiger partial charge is 0.353 e. The molecule has 2 N–H and O–H groups in total. The van der Waals surface area contributed by atoms with Crippen LogP contribution in [0.1, 0.15) is 33.1 Å². The van der Waals surface area contributed by atoms with Crippen LogP contribution in [0.2, 0.25) is 0 Å². The summed E-state index contributed by atoms with van der Waals surface area (Å²) in [6.07, 6.45) is 2.34. The monoisotopic (exact) mass is 253 g/mol. The average Bonchev–Trinajstić information content (AvgIpc) is 2.73. The van der Waals surface area contributed by atoms with Crippen molar-refractivity contribution in [2.24, 2.45) is 5.92 Å². The van der Waals surface area contributed by atoms with Gasteiger partial charge in [-0.15, -0.1) is 0 Å². The van der Waals surface area contributed by atoms with E-state index in [1.54, 1.807) is 4.90 Å². The van der Waals surface area contributed by atoms with E-state index >= 15 is 0 Å². The second-order valence-electron chi connectivity index (χ2n) is 5.57. The lowest BCUT2D eigenvalue weighted by Crippen LogP contribution is -2.45. The van der Waals surface area contributed by atoms with Crippen molar-refractivity contribution in [2.75, 3.05) is 19.6 Å². The molecule has 5 nitrogen and oxygen atoms in total. The van der Waals surface area contributed by atoms with Crippen molar-refractivity contribution in [3.05, 3.63) is 0 Å². The Morgan fingerprint density at radius 2 is 2.06 bits per heavy atom. The van der Waals surface area contributed by atoms with Gasteiger partial charge in [0.25, 0.3) is 0 Å². The molecule has 2 amide bonds. The number of piperidine rings is 1. The summed E-state index contributed by atoms with van der Waals surface area (Å²) in [5, 5.41) is 6.36. The number of nitrogens with one attached hydrogen (secondary N) is 2. The number of hydrogen-bond donors (Lipinski definition) is 2. The molecule has 5 heteroatoms. The van der Waals surface area contributed by atoms with Gasteiger partial charge in [-0.25, -0.2) is 0 Å². The third-order valence-corrected chi connectivity index (χ3v) is 3.84. The fraction of sp³-hybridized carbons (Fsp3) is 0.846. The van der Waals surface area contributed by atoms with Crippen molar-refractivity contribution in [3.8, 4) is 0 Å². The first-order valence-corrected chi connectivity index (χ1v) is 6.88. The highest BCUT2D eigenvalue weighted by atomic mass is 16.2. The Morgan fingerprint density at radius 3 is 2.61 bits per heavy atom. The summed E-state index contributed by atoms with van der Waals surface area (Å²) in [6.45, 7) is 6.49. The molecule has 2 fully saturated rings. The lowest BCUT2D eigenvalue weighted by molar-refractivity contribution is -0.130. The first-order valence-electron chi connectivity index (χ1n) is 6.88. The Balaban J connectivity index is 1.84. The number of nitrogens with zero attached hydrogens (tertiary/aromatic N) is 1. The maximum absolute atomic E-state index is 12.1. The van der Waals surface area contributed by atoms with Gasteiger partial charge >= 0.3 is 0 Å². The quantitative estimate of drug-likeness (QED) is 0.750. The predicted octanol–water partition coefficient (Wildman–Crippen LogP) is 0.112. The topological polar surface area (TPSA) is 61.4 Å². The van der Waals surface area contributed by atoms with Crippen LogP contribution in [0.25, 0.3) is 0 Å². The Kier molecular flexibility index (Phi) is 4.22. The highest BCUT2D eigenvalue weighted by molar-refractivity contribution is 5.89. The molecule has 2 aliphatic rings. The van der Waals surface area contributed by atoms with Crippen molar-refractivity contribution >= 4 is 11.8 Å². The van der Waals surface area contributed by atoms with Crippen LogP contribution in [0.3, 0.4) is 0 Å². The smallest absolute Gasteiger partial charge is 0.225 e. The molecular formula is C13H23N3O2. The standard InChI is InChI=1S/C13H23N3O2/c1-9(2)16-8-10(7-12(16)17)13(18)15-11-3-5-14-6-4-11/h9-11,14H,3-8H2,1-2H3,(H,15,18). The third-order valence-electron chi connectivity index (χ3n) is 3.84. The van der Waals surface area contributed by atoms with Gasteiger partial charge in [0, 0.05) is 25.0 Å². The molecule has 1 atom stereocenters. The first kappa shape index (κ1) is 13.3. The molecule has 0 aromatic rings. The molecular weight excluding hydrogens is 230 g/mol. The summed E-state index contributed by atoms with van der Waals surface area (Å²) < 4.78 is 0. The van der Waals surface area contributed by atoms with Gasteiger partial charge in [0.15, 0.2) is 0 Å². The van der Waals surface area contributed by atoms with Gasteiger partial charge in [0.1, 0.15) is 0 Å². The highest BCUT2D eigenvalue weighted by Gasteiger charge is 2.36. The summed E-state index contributed by atoms with van der Waals surface area (Å²) in [4.78, 5) is 25.7. The van der Waals surface area contributed by atoms with E-state index in [0.29, 0.717) is 13.0 Å². The van der Waals surface area contributed by atoms with E-state index in [2.05, 4.69) is 10.6 Å². The summed E-state index contributed by atoms with van der Waals surface area (Å²) in [5.74, 6) is 0.00338. The second kappa shape index (κ2) is 5.69. The highest BCUT2D eigenvalue weighted by Crippen LogP contribution is 2.20. The Labute approximate surface area is 108 Å². The van der Waals surface area contributed by atoms with Crippen molar-refractivity contribution in [1.82, 2.24) is 15.5 Å². The first-order chi connectivity index (χ1) is 8.58. The molecule has 102 valence electrons. The van der Waals surface area contributed by atoms with Crippen LogP contribution in [0, 0.1) is 5.92 Å². The molecule has 0 bridgehead atoms. The van der Waals surface area contributed by atoms with Gasteiger partial charge in [-0.3, -0.25) is 9.59 Å². The molecule has 0 radical (unpaired) electrons. The Morgan fingerprint density at radius 1 is 1.39 bits per heavy atom. The molecule has 2 saturated heterocycles. The predicted molar refractivity (Wildman–Crippen MR) is 69.0 cm³/mol. The number of carbonyl (C=O) groups is 2. The summed E-state index contributed by atoms with van der Waals surface area (Å²) in [5.41, 5.74) is 0. The van der Waals surface area contributed by atoms with Gasteiger partial charge in [-0.05, 0) is 39.8 Å². The van der Waals surface area contributed by atoms with Crippen molar-refractivity contribution in [1.29, 1.82) is 0 Å². The van der Waals surface area contributed by atoms with Crippen LogP contribution in [-0.4, -0.2) is 48.4 Å². The summed E-state index contributed by atoms with van der Waals surface area (Å²) in [6, 6.07) is 0.469. The maximum atomic E-state index is 12.1.